The number of nitrogens with zero attached hydrogens (tertiary/aromatic N) is 5. The summed E-state index contributed by atoms with van der Waals surface area (Å²) in [5.74, 6) is 1.56. The first-order valence-electron chi connectivity index (χ1n) is 16.2. The van der Waals surface area contributed by atoms with Gasteiger partial charge in [-0.15, -0.1) is 48.0 Å². The standard InChI is InChI=1S/C30H18N3.C13H15N2Si.B.Ir.Y/c1-3-10-22(11-4-1)27-19-18-25(21-31-27)23-12-9-13-24(20-23)30-32-28-16-7-8-17-29(28)33(30)26-14-5-2-6-15-26;1-16(2,3)12-9-14-13(15-10-12)11-7-5-4-6-8-11;;;/h1-12,14-19H;4-7,9-10H,1-3H3;;;/q-3;-1;;;. The van der Waals surface area contributed by atoms with Crippen LogP contribution in [-0.4, -0.2) is 41.0 Å². The molecule has 0 unspecified atom stereocenters. The van der Waals surface area contributed by atoms with Crippen LogP contribution in [0.2, 0.25) is 19.6 Å². The Balaban J connectivity index is 0.000000272. The van der Waals surface area contributed by atoms with Gasteiger partial charge >= 0.3 is 0 Å². The van der Waals surface area contributed by atoms with Crippen LogP contribution in [0.5, 0.6) is 0 Å². The predicted octanol–water partition coefficient (Wildman–Crippen LogP) is 8.93. The van der Waals surface area contributed by atoms with E-state index in [0.717, 1.165) is 61.9 Å². The average molecular weight is 940 g/mol. The van der Waals surface area contributed by atoms with Crippen molar-refractivity contribution in [2.45, 2.75) is 19.6 Å². The van der Waals surface area contributed by atoms with Crippen LogP contribution in [0, 0.1) is 24.4 Å². The van der Waals surface area contributed by atoms with E-state index in [-0.39, 0.29) is 61.2 Å². The molecular formula is C43H33BIrN5SiY-4. The molecule has 0 bridgehead atoms. The molecule has 8 rings (SSSR count). The Bertz CT molecular complexity index is 2300. The van der Waals surface area contributed by atoms with Crippen molar-refractivity contribution in [3.05, 3.63) is 170 Å². The van der Waals surface area contributed by atoms with Gasteiger partial charge in [0.25, 0.3) is 0 Å². The number of fused-ring (bicyclic) bond motifs is 1. The maximum atomic E-state index is 4.92. The Morgan fingerprint density at radius 3 is 1.96 bits per heavy atom. The number of benzene rings is 5. The molecular weight excluding hydrogens is 907 g/mol. The van der Waals surface area contributed by atoms with Gasteiger partial charge in [0.05, 0.1) is 24.9 Å². The summed E-state index contributed by atoms with van der Waals surface area (Å²) in [5, 5.41) is 1.28. The topological polar surface area (TPSA) is 56.5 Å². The van der Waals surface area contributed by atoms with Crippen LogP contribution < -0.4 is 5.19 Å². The Morgan fingerprint density at radius 1 is 0.635 bits per heavy atom. The molecule has 9 heteroatoms. The van der Waals surface area contributed by atoms with Gasteiger partial charge in [0.1, 0.15) is 0 Å². The monoisotopic (exact) mass is 940 g/mol. The molecule has 0 amide bonds. The average Bonchev–Trinajstić information content (AvgIpc) is 3.56. The van der Waals surface area contributed by atoms with E-state index < -0.39 is 8.07 Å². The molecule has 0 aliphatic carbocycles. The molecule has 52 heavy (non-hydrogen) atoms. The van der Waals surface area contributed by atoms with Gasteiger partial charge in [0.15, 0.2) is 0 Å². The molecule has 0 saturated heterocycles. The first-order chi connectivity index (χ1) is 23.9. The van der Waals surface area contributed by atoms with Crippen molar-refractivity contribution in [1.82, 2.24) is 24.5 Å². The van der Waals surface area contributed by atoms with Gasteiger partial charge in [0, 0.05) is 79.3 Å². The smallest absolute Gasteiger partial charge is 0.0815 e. The summed E-state index contributed by atoms with van der Waals surface area (Å²) < 4.78 is 2.15. The van der Waals surface area contributed by atoms with Gasteiger partial charge in [-0.1, -0.05) is 80.3 Å². The molecule has 5 aromatic carbocycles. The molecule has 5 radical (unpaired) electrons. The van der Waals surface area contributed by atoms with E-state index in [1.807, 2.05) is 128 Å². The van der Waals surface area contributed by atoms with Crippen molar-refractivity contribution in [3.63, 3.8) is 0 Å². The minimum Gasteiger partial charge on any atom is -0.374 e. The van der Waals surface area contributed by atoms with Crippen molar-refractivity contribution >= 4 is 32.7 Å². The summed E-state index contributed by atoms with van der Waals surface area (Å²) in [4.78, 5) is 18.3. The van der Waals surface area contributed by atoms with E-state index in [4.69, 9.17) is 4.98 Å². The fourth-order valence-electron chi connectivity index (χ4n) is 5.39. The summed E-state index contributed by atoms with van der Waals surface area (Å²) >= 11 is 0. The maximum absolute atomic E-state index is 4.92. The van der Waals surface area contributed by atoms with E-state index in [1.54, 1.807) is 0 Å². The largest absolute Gasteiger partial charge is 0.374 e. The zero-order valence-corrected chi connectivity index (χ0v) is 35.3. The van der Waals surface area contributed by atoms with Gasteiger partial charge < -0.3 is 20.6 Å². The second-order valence-corrected chi connectivity index (χ2v) is 17.6. The zero-order chi connectivity index (χ0) is 33.6. The number of rotatable bonds is 6. The third kappa shape index (κ3) is 9.43. The fourth-order valence-corrected chi connectivity index (χ4v) is 6.30. The molecule has 0 aliphatic rings. The zero-order valence-electron chi connectivity index (χ0n) is 29.1. The van der Waals surface area contributed by atoms with Crippen LogP contribution in [0.15, 0.2) is 146 Å². The SMILES string of the molecule is C[Si](C)(C)c1cnc(-c2[c-]cccc2)nc1.[B].[Ir].[Y].[c-]1ccc(-c2[c-]nc(-c3ccccc3)cc2)[c-]c1-c1nc2ccccc2n1-c1ccccc1. The van der Waals surface area contributed by atoms with Gasteiger partial charge in [-0.2, -0.15) is 5.56 Å². The maximum Gasteiger partial charge on any atom is 0.0815 e. The van der Waals surface area contributed by atoms with Crippen molar-refractivity contribution in [3.8, 4) is 50.8 Å². The molecule has 3 heterocycles. The summed E-state index contributed by atoms with van der Waals surface area (Å²) in [6.45, 7) is 6.88. The molecule has 0 N–H and O–H groups in total. The van der Waals surface area contributed by atoms with Gasteiger partial charge in [-0.3, -0.25) is 33.2 Å². The van der Waals surface area contributed by atoms with Gasteiger partial charge in [-0.05, 0) is 52.7 Å². The number of imidazole rings is 1. The first kappa shape index (κ1) is 40.6. The number of hydrogen-bond donors (Lipinski definition) is 0. The molecule has 0 atom stereocenters. The summed E-state index contributed by atoms with van der Waals surface area (Å²) in [6.07, 6.45) is 7.09. The quantitative estimate of drug-likeness (QED) is 0.124. The molecule has 0 saturated carbocycles. The number of hydrogen-bond acceptors (Lipinski definition) is 4. The Labute approximate surface area is 347 Å². The predicted molar refractivity (Wildman–Crippen MR) is 207 cm³/mol. The minimum absolute atomic E-state index is 0. The molecule has 253 valence electrons. The van der Waals surface area contributed by atoms with E-state index >= 15 is 0 Å². The van der Waals surface area contributed by atoms with Crippen LogP contribution in [0.3, 0.4) is 0 Å². The fraction of sp³-hybridized carbons (Fsp3) is 0.0698. The Hall–Kier alpha value is -4.16. The van der Waals surface area contributed by atoms with E-state index in [9.17, 15) is 0 Å². The minimum atomic E-state index is -1.29. The number of pyridine rings is 1. The van der Waals surface area contributed by atoms with E-state index in [0.29, 0.717) is 0 Å². The second kappa shape index (κ2) is 18.5. The summed E-state index contributed by atoms with van der Waals surface area (Å²) in [5.41, 5.74) is 8.53. The van der Waals surface area contributed by atoms with Crippen LogP contribution >= 0.6 is 0 Å². The van der Waals surface area contributed by atoms with Gasteiger partial charge in [0.2, 0.25) is 0 Å². The van der Waals surface area contributed by atoms with Crippen LogP contribution in [0.1, 0.15) is 0 Å². The molecule has 5 nitrogen and oxygen atoms in total. The van der Waals surface area contributed by atoms with Crippen molar-refractivity contribution < 1.29 is 52.8 Å². The van der Waals surface area contributed by atoms with E-state index in [2.05, 4.69) is 81.8 Å². The van der Waals surface area contributed by atoms with Crippen LogP contribution in [0.25, 0.3) is 61.9 Å². The molecule has 0 fully saturated rings. The summed E-state index contributed by atoms with van der Waals surface area (Å²) in [6, 6.07) is 54.2. The molecule has 0 spiro atoms. The Morgan fingerprint density at radius 2 is 1.31 bits per heavy atom. The molecule has 0 aliphatic heterocycles. The van der Waals surface area contributed by atoms with Crippen molar-refractivity contribution in [2.24, 2.45) is 0 Å². The molecule has 3 aromatic heterocycles. The normalized spacial score (nSPS) is 10.5. The molecule has 8 aromatic rings. The van der Waals surface area contributed by atoms with Crippen molar-refractivity contribution in [1.29, 1.82) is 0 Å². The van der Waals surface area contributed by atoms with Crippen LogP contribution in [-0.2, 0) is 52.8 Å². The number of para-hydroxylation sites is 3. The second-order valence-electron chi connectivity index (χ2n) is 12.5. The van der Waals surface area contributed by atoms with Crippen molar-refractivity contribution in [2.75, 3.05) is 0 Å². The van der Waals surface area contributed by atoms with E-state index in [1.165, 1.54) is 5.19 Å². The van der Waals surface area contributed by atoms with Crippen LogP contribution in [0.4, 0.5) is 0 Å². The third-order valence-electron chi connectivity index (χ3n) is 8.07. The van der Waals surface area contributed by atoms with Gasteiger partial charge in [-0.25, -0.2) is 6.07 Å². The number of aromatic nitrogens is 5. The third-order valence-corrected chi connectivity index (χ3v) is 10.1. The summed E-state index contributed by atoms with van der Waals surface area (Å²) in [7, 11) is -1.29. The first-order valence-corrected chi connectivity index (χ1v) is 19.7. The Kier molecular flexibility index (Phi) is 14.5.